The molecule has 1 amide bonds. The lowest BCUT2D eigenvalue weighted by molar-refractivity contribution is -0.115. The summed E-state index contributed by atoms with van der Waals surface area (Å²) in [4.78, 5) is 11.5. The second-order valence-electron chi connectivity index (χ2n) is 4.37. The van der Waals surface area contributed by atoms with Gasteiger partial charge in [-0.05, 0) is 34.9 Å². The third kappa shape index (κ3) is 3.94. The average molecular weight is 281 g/mol. The third-order valence-electron chi connectivity index (χ3n) is 2.79. The van der Waals surface area contributed by atoms with Crippen molar-refractivity contribution >= 4 is 17.9 Å². The number of carbonyl (C=O) groups is 1. The molecule has 0 aromatic heterocycles. The van der Waals surface area contributed by atoms with Gasteiger partial charge in [0.05, 0.1) is 0 Å². The summed E-state index contributed by atoms with van der Waals surface area (Å²) in [7, 11) is 0. The molecule has 0 radical (unpaired) electrons. The molecule has 0 aliphatic carbocycles. The van der Waals surface area contributed by atoms with Crippen molar-refractivity contribution in [2.24, 2.45) is 5.73 Å². The van der Waals surface area contributed by atoms with E-state index < -0.39 is 11.9 Å². The maximum absolute atomic E-state index is 11.5. The zero-order chi connectivity index (χ0) is 15.2. The van der Waals surface area contributed by atoms with Gasteiger partial charge >= 0.3 is 0 Å². The van der Waals surface area contributed by atoms with E-state index in [0.29, 0.717) is 0 Å². The van der Waals surface area contributed by atoms with E-state index in [2.05, 4.69) is 5.32 Å². The molecule has 0 saturated carbocycles. The highest BCUT2D eigenvalue weighted by Gasteiger charge is 2.04. The maximum atomic E-state index is 11.5. The topological polar surface area (TPSA) is 99.2 Å². The van der Waals surface area contributed by atoms with E-state index in [-0.39, 0.29) is 5.75 Å². The Balaban J connectivity index is 2.31. The predicted molar refractivity (Wildman–Crippen MR) is 82.6 cm³/mol. The van der Waals surface area contributed by atoms with Gasteiger partial charge < -0.3 is 10.8 Å². The highest BCUT2D eigenvalue weighted by atomic mass is 16.3. The SMILES string of the molecule is N=C(N)NC(=O)/C=C/c1ccccc1-c1cccc(O)c1. The van der Waals surface area contributed by atoms with Crippen LogP contribution in [0.2, 0.25) is 0 Å². The summed E-state index contributed by atoms with van der Waals surface area (Å²) in [6.45, 7) is 0. The van der Waals surface area contributed by atoms with Crippen LogP contribution >= 0.6 is 0 Å². The molecular formula is C16H15N3O2. The molecule has 0 spiro atoms. The number of nitrogens with two attached hydrogens (primary N) is 1. The van der Waals surface area contributed by atoms with Crippen LogP contribution < -0.4 is 11.1 Å². The number of phenols is 1. The van der Waals surface area contributed by atoms with E-state index in [9.17, 15) is 9.90 Å². The molecule has 5 nitrogen and oxygen atoms in total. The molecule has 21 heavy (non-hydrogen) atoms. The summed E-state index contributed by atoms with van der Waals surface area (Å²) in [5.41, 5.74) is 7.65. The number of rotatable bonds is 3. The van der Waals surface area contributed by atoms with Gasteiger partial charge in [-0.1, -0.05) is 36.4 Å². The standard InChI is InChI=1S/C16H15N3O2/c17-16(18)19-15(21)9-8-11-4-1-2-7-14(11)12-5-3-6-13(20)10-12/h1-10,20H,(H4,17,18,19,21)/b9-8+. The van der Waals surface area contributed by atoms with Gasteiger partial charge in [0.2, 0.25) is 0 Å². The first-order chi connectivity index (χ1) is 10.1. The van der Waals surface area contributed by atoms with Gasteiger partial charge in [0.1, 0.15) is 5.75 Å². The minimum atomic E-state index is -0.465. The van der Waals surface area contributed by atoms with E-state index in [0.717, 1.165) is 16.7 Å². The number of benzene rings is 2. The van der Waals surface area contributed by atoms with E-state index in [1.807, 2.05) is 30.3 Å². The van der Waals surface area contributed by atoms with Gasteiger partial charge in [0.15, 0.2) is 5.96 Å². The van der Waals surface area contributed by atoms with Gasteiger partial charge in [-0.15, -0.1) is 0 Å². The molecule has 0 aliphatic rings. The Morgan fingerprint density at radius 2 is 1.95 bits per heavy atom. The Labute approximate surface area is 122 Å². The first kappa shape index (κ1) is 14.3. The molecule has 106 valence electrons. The molecule has 2 aromatic rings. The zero-order valence-corrected chi connectivity index (χ0v) is 11.2. The number of nitrogens with one attached hydrogen (secondary N) is 2. The number of aromatic hydroxyl groups is 1. The molecule has 5 heteroatoms. The normalized spacial score (nSPS) is 10.5. The lowest BCUT2D eigenvalue weighted by Gasteiger charge is -2.06. The van der Waals surface area contributed by atoms with Crippen LogP contribution in [0.1, 0.15) is 5.56 Å². The molecule has 0 heterocycles. The molecular weight excluding hydrogens is 266 g/mol. The number of phenolic OH excluding ortho intramolecular Hbond substituents is 1. The Morgan fingerprint density at radius 1 is 1.19 bits per heavy atom. The van der Waals surface area contributed by atoms with Crippen molar-refractivity contribution in [1.29, 1.82) is 5.41 Å². The molecule has 0 fully saturated rings. The fraction of sp³-hybridized carbons (Fsp3) is 0. The van der Waals surface area contributed by atoms with Crippen molar-refractivity contribution in [3.05, 3.63) is 60.2 Å². The van der Waals surface area contributed by atoms with Crippen LogP contribution in [0.25, 0.3) is 17.2 Å². The maximum Gasteiger partial charge on any atom is 0.250 e. The van der Waals surface area contributed by atoms with Crippen LogP contribution in [-0.4, -0.2) is 17.0 Å². The summed E-state index contributed by atoms with van der Waals surface area (Å²) in [5.74, 6) is -0.681. The Hall–Kier alpha value is -3.08. The Morgan fingerprint density at radius 3 is 2.67 bits per heavy atom. The molecule has 0 aliphatic heterocycles. The van der Waals surface area contributed by atoms with Gasteiger partial charge in [0, 0.05) is 6.08 Å². The van der Waals surface area contributed by atoms with E-state index in [1.54, 1.807) is 24.3 Å². The Kier molecular flexibility index (Phi) is 4.36. The summed E-state index contributed by atoms with van der Waals surface area (Å²) in [6.07, 6.45) is 2.95. The lowest BCUT2D eigenvalue weighted by atomic mass is 9.99. The van der Waals surface area contributed by atoms with E-state index >= 15 is 0 Å². The second kappa shape index (κ2) is 6.38. The summed E-state index contributed by atoms with van der Waals surface area (Å²) >= 11 is 0. The molecule has 2 aromatic carbocycles. The molecule has 0 unspecified atom stereocenters. The molecule has 0 saturated heterocycles. The Bertz CT molecular complexity index is 708. The molecule has 0 bridgehead atoms. The minimum absolute atomic E-state index is 0.181. The van der Waals surface area contributed by atoms with E-state index in [4.69, 9.17) is 11.1 Å². The van der Waals surface area contributed by atoms with Crippen LogP contribution in [0.15, 0.2) is 54.6 Å². The fourth-order valence-corrected chi connectivity index (χ4v) is 1.92. The third-order valence-corrected chi connectivity index (χ3v) is 2.79. The molecule has 5 N–H and O–H groups in total. The molecule has 2 rings (SSSR count). The summed E-state index contributed by atoms with van der Waals surface area (Å²) in [6, 6.07) is 14.4. The summed E-state index contributed by atoms with van der Waals surface area (Å²) < 4.78 is 0. The van der Waals surface area contributed by atoms with Crippen LogP contribution in [0, 0.1) is 5.41 Å². The fourth-order valence-electron chi connectivity index (χ4n) is 1.92. The van der Waals surface area contributed by atoms with Gasteiger partial charge in [0.25, 0.3) is 5.91 Å². The van der Waals surface area contributed by atoms with Crippen LogP contribution in [0.4, 0.5) is 0 Å². The van der Waals surface area contributed by atoms with Crippen molar-refractivity contribution < 1.29 is 9.90 Å². The highest BCUT2D eigenvalue weighted by Crippen LogP contribution is 2.27. The van der Waals surface area contributed by atoms with Crippen molar-refractivity contribution in [1.82, 2.24) is 5.32 Å². The van der Waals surface area contributed by atoms with Crippen molar-refractivity contribution in [3.63, 3.8) is 0 Å². The number of amides is 1. The second-order valence-corrected chi connectivity index (χ2v) is 4.37. The number of guanidine groups is 1. The van der Waals surface area contributed by atoms with Gasteiger partial charge in [-0.25, -0.2) is 0 Å². The van der Waals surface area contributed by atoms with Gasteiger partial charge in [-0.3, -0.25) is 15.5 Å². The van der Waals surface area contributed by atoms with Crippen molar-refractivity contribution in [2.45, 2.75) is 0 Å². The first-order valence-corrected chi connectivity index (χ1v) is 6.28. The lowest BCUT2D eigenvalue weighted by Crippen LogP contribution is -2.34. The van der Waals surface area contributed by atoms with Crippen molar-refractivity contribution in [3.8, 4) is 16.9 Å². The highest BCUT2D eigenvalue weighted by molar-refractivity contribution is 6.02. The quantitative estimate of drug-likeness (QED) is 0.394. The number of hydrogen-bond donors (Lipinski definition) is 4. The average Bonchev–Trinajstić information content (AvgIpc) is 2.45. The van der Waals surface area contributed by atoms with Gasteiger partial charge in [-0.2, -0.15) is 0 Å². The predicted octanol–water partition coefficient (Wildman–Crippen LogP) is 2.08. The van der Waals surface area contributed by atoms with E-state index in [1.165, 1.54) is 6.08 Å². The van der Waals surface area contributed by atoms with Crippen LogP contribution in [0.3, 0.4) is 0 Å². The zero-order valence-electron chi connectivity index (χ0n) is 11.2. The first-order valence-electron chi connectivity index (χ1n) is 6.28. The smallest absolute Gasteiger partial charge is 0.250 e. The number of hydrogen-bond acceptors (Lipinski definition) is 3. The van der Waals surface area contributed by atoms with Crippen LogP contribution in [-0.2, 0) is 4.79 Å². The van der Waals surface area contributed by atoms with Crippen LogP contribution in [0.5, 0.6) is 5.75 Å². The largest absolute Gasteiger partial charge is 0.508 e. The monoisotopic (exact) mass is 281 g/mol. The summed E-state index contributed by atoms with van der Waals surface area (Å²) in [5, 5.41) is 18.7. The van der Waals surface area contributed by atoms with Crippen molar-refractivity contribution in [2.75, 3.05) is 0 Å². The number of carbonyl (C=O) groups excluding carboxylic acids is 1. The molecule has 0 atom stereocenters. The minimum Gasteiger partial charge on any atom is -0.508 e.